The van der Waals surface area contributed by atoms with Crippen LogP contribution in [0.2, 0.25) is 0 Å². The van der Waals surface area contributed by atoms with Crippen LogP contribution in [-0.2, 0) is 19.9 Å². The first-order valence-corrected chi connectivity index (χ1v) is 8.57. The van der Waals surface area contributed by atoms with Crippen LogP contribution in [0.4, 0.5) is 10.1 Å². The second-order valence-corrected chi connectivity index (χ2v) is 6.05. The number of nitrogens with one attached hydrogen (secondary N) is 1. The first-order chi connectivity index (χ1) is 13.5. The van der Waals surface area contributed by atoms with Crippen molar-refractivity contribution in [3.63, 3.8) is 0 Å². The quantitative estimate of drug-likeness (QED) is 0.645. The number of carbonyl (C=O) groups excluding carboxylic acids is 2. The van der Waals surface area contributed by atoms with Gasteiger partial charge >= 0.3 is 5.97 Å². The molecule has 0 saturated heterocycles. The minimum absolute atomic E-state index is 0.0232. The zero-order valence-corrected chi connectivity index (χ0v) is 14.8. The fourth-order valence-electron chi connectivity index (χ4n) is 2.75. The maximum Gasteiger partial charge on any atom is 0.348 e. The molecule has 0 bridgehead atoms. The van der Waals surface area contributed by atoms with Gasteiger partial charge in [0.25, 0.3) is 5.91 Å². The summed E-state index contributed by atoms with van der Waals surface area (Å²) in [5.41, 5.74) is -1.49. The monoisotopic (exact) mass is 379 g/mol. The van der Waals surface area contributed by atoms with Crippen LogP contribution in [0.1, 0.15) is 11.1 Å². The standard InChI is InChI=1S/C22H18FNO4/c23-18-13-7-8-14-19(18)24-20(25)15-28-21(26)22(27,16-9-3-1-4-10-16)17-11-5-2-6-12-17/h1-14,27H,15H2,(H,24,25). The highest BCUT2D eigenvalue weighted by atomic mass is 19.1. The van der Waals surface area contributed by atoms with Crippen LogP contribution >= 0.6 is 0 Å². The lowest BCUT2D eigenvalue weighted by atomic mass is 9.86. The third-order valence-electron chi connectivity index (χ3n) is 4.16. The highest BCUT2D eigenvalue weighted by Crippen LogP contribution is 2.31. The number of hydrogen-bond acceptors (Lipinski definition) is 4. The Bertz CT molecular complexity index is 921. The Morgan fingerprint density at radius 2 is 1.36 bits per heavy atom. The van der Waals surface area contributed by atoms with E-state index in [0.717, 1.165) is 0 Å². The van der Waals surface area contributed by atoms with Crippen LogP contribution in [0, 0.1) is 5.82 Å². The van der Waals surface area contributed by atoms with Gasteiger partial charge in [0.15, 0.2) is 6.61 Å². The smallest absolute Gasteiger partial charge is 0.348 e. The van der Waals surface area contributed by atoms with Crippen molar-refractivity contribution in [3.8, 4) is 0 Å². The summed E-state index contributed by atoms with van der Waals surface area (Å²) in [4.78, 5) is 24.8. The number of ether oxygens (including phenoxy) is 1. The van der Waals surface area contributed by atoms with E-state index in [0.29, 0.717) is 11.1 Å². The molecule has 1 amide bonds. The van der Waals surface area contributed by atoms with Crippen LogP contribution in [0.25, 0.3) is 0 Å². The molecule has 28 heavy (non-hydrogen) atoms. The third kappa shape index (κ3) is 4.07. The van der Waals surface area contributed by atoms with Crippen LogP contribution in [-0.4, -0.2) is 23.6 Å². The van der Waals surface area contributed by atoms with E-state index in [4.69, 9.17) is 4.74 Å². The Labute approximate surface area is 161 Å². The van der Waals surface area contributed by atoms with Gasteiger partial charge in [0.05, 0.1) is 5.69 Å². The molecule has 0 aliphatic carbocycles. The fraction of sp³-hybridized carbons (Fsp3) is 0.0909. The lowest BCUT2D eigenvalue weighted by Crippen LogP contribution is -2.39. The van der Waals surface area contributed by atoms with Crippen molar-refractivity contribution >= 4 is 17.6 Å². The SMILES string of the molecule is O=C(COC(=O)C(O)(c1ccccc1)c1ccccc1)Nc1ccccc1F. The molecule has 0 saturated carbocycles. The summed E-state index contributed by atoms with van der Waals surface area (Å²) in [6.45, 7) is -0.671. The number of rotatable bonds is 6. The van der Waals surface area contributed by atoms with E-state index in [1.54, 1.807) is 66.7 Å². The minimum atomic E-state index is -2.08. The van der Waals surface area contributed by atoms with Crippen LogP contribution < -0.4 is 5.32 Å². The van der Waals surface area contributed by atoms with Crippen molar-refractivity contribution in [2.75, 3.05) is 11.9 Å². The van der Waals surface area contributed by atoms with Gasteiger partial charge in [0.2, 0.25) is 5.60 Å². The summed E-state index contributed by atoms with van der Waals surface area (Å²) in [7, 11) is 0. The van der Waals surface area contributed by atoms with Gasteiger partial charge in [-0.05, 0) is 23.3 Å². The third-order valence-corrected chi connectivity index (χ3v) is 4.16. The number of amides is 1. The van der Waals surface area contributed by atoms with E-state index >= 15 is 0 Å². The normalized spacial score (nSPS) is 10.9. The maximum atomic E-state index is 13.6. The predicted octanol–water partition coefficient (Wildman–Crippen LogP) is 3.24. The van der Waals surface area contributed by atoms with E-state index in [9.17, 15) is 19.1 Å². The van der Waals surface area contributed by atoms with Gasteiger partial charge < -0.3 is 15.2 Å². The van der Waals surface area contributed by atoms with Gasteiger partial charge in [-0.15, -0.1) is 0 Å². The summed E-state index contributed by atoms with van der Waals surface area (Å²) < 4.78 is 18.7. The minimum Gasteiger partial charge on any atom is -0.453 e. The summed E-state index contributed by atoms with van der Waals surface area (Å²) in [5, 5.41) is 13.5. The number of carbonyl (C=O) groups is 2. The largest absolute Gasteiger partial charge is 0.453 e. The highest BCUT2D eigenvalue weighted by Gasteiger charge is 2.41. The number of aliphatic hydroxyl groups is 1. The Morgan fingerprint density at radius 3 is 1.89 bits per heavy atom. The van der Waals surface area contributed by atoms with Gasteiger partial charge in [-0.2, -0.15) is 0 Å². The molecule has 3 aromatic rings. The number of esters is 1. The van der Waals surface area contributed by atoms with E-state index in [-0.39, 0.29) is 5.69 Å². The van der Waals surface area contributed by atoms with Crippen LogP contribution in [0.5, 0.6) is 0 Å². The average Bonchev–Trinajstić information content (AvgIpc) is 2.74. The van der Waals surface area contributed by atoms with Gasteiger partial charge in [-0.1, -0.05) is 72.8 Å². The topological polar surface area (TPSA) is 75.6 Å². The molecule has 0 radical (unpaired) electrons. The second kappa shape index (κ2) is 8.45. The van der Waals surface area contributed by atoms with Crippen molar-refractivity contribution in [2.24, 2.45) is 0 Å². The van der Waals surface area contributed by atoms with E-state index in [1.807, 2.05) is 0 Å². The molecule has 0 aromatic heterocycles. The van der Waals surface area contributed by atoms with E-state index < -0.39 is 29.9 Å². The summed E-state index contributed by atoms with van der Waals surface area (Å²) in [6, 6.07) is 22.2. The molecule has 0 heterocycles. The van der Waals surface area contributed by atoms with Gasteiger partial charge in [0, 0.05) is 0 Å². The van der Waals surface area contributed by atoms with Crippen LogP contribution in [0.3, 0.4) is 0 Å². The molecule has 2 N–H and O–H groups in total. The molecule has 0 aliphatic heterocycles. The Kier molecular flexibility index (Phi) is 5.81. The first-order valence-electron chi connectivity index (χ1n) is 8.57. The fourth-order valence-corrected chi connectivity index (χ4v) is 2.75. The number of anilines is 1. The predicted molar refractivity (Wildman–Crippen MR) is 102 cm³/mol. The highest BCUT2D eigenvalue weighted by molar-refractivity contribution is 5.94. The Balaban J connectivity index is 1.77. The second-order valence-electron chi connectivity index (χ2n) is 6.05. The van der Waals surface area contributed by atoms with Crippen molar-refractivity contribution in [3.05, 3.63) is 102 Å². The van der Waals surface area contributed by atoms with Crippen molar-refractivity contribution < 1.29 is 23.8 Å². The van der Waals surface area contributed by atoms with Crippen molar-refractivity contribution in [1.29, 1.82) is 0 Å². The maximum absolute atomic E-state index is 13.6. The zero-order chi connectivity index (χ0) is 20.0. The van der Waals surface area contributed by atoms with Gasteiger partial charge in [-0.3, -0.25) is 4.79 Å². The van der Waals surface area contributed by atoms with E-state index in [2.05, 4.69) is 5.32 Å². The molecule has 0 spiro atoms. The molecular weight excluding hydrogens is 361 g/mol. The molecule has 3 rings (SSSR count). The average molecular weight is 379 g/mol. The summed E-state index contributed by atoms with van der Waals surface area (Å²) >= 11 is 0. The Morgan fingerprint density at radius 1 is 0.857 bits per heavy atom. The molecule has 0 atom stereocenters. The number of hydrogen-bond donors (Lipinski definition) is 2. The van der Waals surface area contributed by atoms with E-state index in [1.165, 1.54) is 18.2 Å². The molecular formula is C22H18FNO4. The lowest BCUT2D eigenvalue weighted by Gasteiger charge is -2.26. The molecule has 6 heteroatoms. The van der Waals surface area contributed by atoms with Crippen molar-refractivity contribution in [2.45, 2.75) is 5.60 Å². The zero-order valence-electron chi connectivity index (χ0n) is 14.8. The summed E-state index contributed by atoms with van der Waals surface area (Å²) in [6.07, 6.45) is 0. The molecule has 3 aromatic carbocycles. The van der Waals surface area contributed by atoms with Gasteiger partial charge in [0.1, 0.15) is 5.82 Å². The molecule has 5 nitrogen and oxygen atoms in total. The lowest BCUT2D eigenvalue weighted by molar-refractivity contribution is -0.163. The Hall–Kier alpha value is -3.51. The van der Waals surface area contributed by atoms with Crippen molar-refractivity contribution in [1.82, 2.24) is 0 Å². The van der Waals surface area contributed by atoms with Gasteiger partial charge in [-0.25, -0.2) is 9.18 Å². The number of halogens is 1. The first kappa shape index (κ1) is 19.3. The summed E-state index contributed by atoms with van der Waals surface area (Å²) in [5.74, 6) is -2.33. The van der Waals surface area contributed by atoms with Crippen LogP contribution in [0.15, 0.2) is 84.9 Å². The number of para-hydroxylation sites is 1. The molecule has 0 fully saturated rings. The molecule has 142 valence electrons. The molecule has 0 unspecified atom stereocenters. The number of benzene rings is 3. The molecule has 0 aliphatic rings.